The highest BCUT2D eigenvalue weighted by Crippen LogP contribution is 2.23. The minimum absolute atomic E-state index is 0.354. The van der Waals surface area contributed by atoms with Gasteiger partial charge in [-0.25, -0.2) is 9.97 Å². The zero-order valence-electron chi connectivity index (χ0n) is 12.1. The summed E-state index contributed by atoms with van der Waals surface area (Å²) < 4.78 is 0. The summed E-state index contributed by atoms with van der Waals surface area (Å²) in [6.07, 6.45) is 0.732. The quantitative estimate of drug-likeness (QED) is 0.914. The van der Waals surface area contributed by atoms with E-state index in [-0.39, 0.29) is 0 Å². The second-order valence-electron chi connectivity index (χ2n) is 5.28. The molecular formula is C16H21N3. The summed E-state index contributed by atoms with van der Waals surface area (Å²) in [4.78, 5) is 9.06. The molecule has 0 atom stereocenters. The molecule has 2 rings (SSSR count). The number of hydrogen-bond donors (Lipinski definition) is 1. The van der Waals surface area contributed by atoms with Crippen LogP contribution in [0.25, 0.3) is 0 Å². The van der Waals surface area contributed by atoms with Crippen LogP contribution in [-0.2, 0) is 6.42 Å². The lowest BCUT2D eigenvalue weighted by Gasteiger charge is -2.13. The molecule has 0 saturated heterocycles. The molecule has 0 saturated carbocycles. The van der Waals surface area contributed by atoms with Gasteiger partial charge in [0.1, 0.15) is 11.6 Å². The van der Waals surface area contributed by atoms with Crippen LogP contribution in [0, 0.1) is 13.8 Å². The van der Waals surface area contributed by atoms with Crippen molar-refractivity contribution in [3.8, 4) is 0 Å². The number of rotatable bonds is 3. The van der Waals surface area contributed by atoms with Gasteiger partial charge in [0.15, 0.2) is 0 Å². The fourth-order valence-electron chi connectivity index (χ4n) is 2.43. The van der Waals surface area contributed by atoms with Crippen molar-refractivity contribution in [3.05, 3.63) is 52.5 Å². The van der Waals surface area contributed by atoms with Gasteiger partial charge in [0.25, 0.3) is 0 Å². The monoisotopic (exact) mass is 255 g/mol. The van der Waals surface area contributed by atoms with Crippen LogP contribution in [-0.4, -0.2) is 9.97 Å². The Morgan fingerprint density at radius 1 is 1.11 bits per heavy atom. The standard InChI is InChI=1S/C16H21N3/c1-10(2)15-12(4)18-14(19-16(15)17)9-13-8-6-5-7-11(13)3/h5-8,10H,9H2,1-4H3,(H2,17,18,19). The van der Waals surface area contributed by atoms with Gasteiger partial charge in [-0.1, -0.05) is 38.1 Å². The van der Waals surface area contributed by atoms with Gasteiger partial charge in [0.2, 0.25) is 0 Å². The summed E-state index contributed by atoms with van der Waals surface area (Å²) in [5.74, 6) is 1.77. The number of nitrogens with zero attached hydrogens (tertiary/aromatic N) is 2. The third-order valence-electron chi connectivity index (χ3n) is 3.40. The summed E-state index contributed by atoms with van der Waals surface area (Å²) in [6, 6.07) is 8.30. The van der Waals surface area contributed by atoms with Gasteiger partial charge in [-0.05, 0) is 30.9 Å². The van der Waals surface area contributed by atoms with Crippen molar-refractivity contribution in [2.75, 3.05) is 5.73 Å². The predicted octanol–water partition coefficient (Wildman–Crippen LogP) is 3.39. The van der Waals surface area contributed by atoms with Crippen molar-refractivity contribution < 1.29 is 0 Å². The second-order valence-corrected chi connectivity index (χ2v) is 5.28. The van der Waals surface area contributed by atoms with Gasteiger partial charge in [0.05, 0.1) is 0 Å². The van der Waals surface area contributed by atoms with Crippen LogP contribution in [0.3, 0.4) is 0 Å². The summed E-state index contributed by atoms with van der Waals surface area (Å²) in [5, 5.41) is 0. The molecule has 0 aliphatic heterocycles. The fraction of sp³-hybridized carbons (Fsp3) is 0.375. The molecule has 0 radical (unpaired) electrons. The largest absolute Gasteiger partial charge is 0.383 e. The van der Waals surface area contributed by atoms with Crippen LogP contribution in [0.2, 0.25) is 0 Å². The summed E-state index contributed by atoms with van der Waals surface area (Å²) in [7, 11) is 0. The maximum atomic E-state index is 6.06. The Balaban J connectivity index is 2.35. The molecule has 2 aromatic rings. The lowest BCUT2D eigenvalue weighted by Crippen LogP contribution is -2.09. The Morgan fingerprint density at radius 2 is 1.79 bits per heavy atom. The predicted molar refractivity (Wildman–Crippen MR) is 79.3 cm³/mol. The van der Waals surface area contributed by atoms with E-state index < -0.39 is 0 Å². The van der Waals surface area contributed by atoms with E-state index in [9.17, 15) is 0 Å². The summed E-state index contributed by atoms with van der Waals surface area (Å²) in [6.45, 7) is 8.34. The minimum Gasteiger partial charge on any atom is -0.383 e. The zero-order valence-corrected chi connectivity index (χ0v) is 12.1. The molecule has 0 aliphatic rings. The number of hydrogen-bond acceptors (Lipinski definition) is 3. The SMILES string of the molecule is Cc1ccccc1Cc1nc(C)c(C(C)C)c(N)n1. The van der Waals surface area contributed by atoms with Crippen LogP contribution in [0.5, 0.6) is 0 Å². The lowest BCUT2D eigenvalue weighted by atomic mass is 10.0. The van der Waals surface area contributed by atoms with Crippen molar-refractivity contribution in [3.63, 3.8) is 0 Å². The highest BCUT2D eigenvalue weighted by Gasteiger charge is 2.13. The average Bonchev–Trinajstić information content (AvgIpc) is 2.30. The van der Waals surface area contributed by atoms with Crippen molar-refractivity contribution >= 4 is 5.82 Å². The van der Waals surface area contributed by atoms with Crippen LogP contribution in [0.1, 0.15) is 48.0 Å². The first kappa shape index (κ1) is 13.5. The third-order valence-corrected chi connectivity index (χ3v) is 3.40. The Hall–Kier alpha value is -1.90. The Bertz CT molecular complexity index is 565. The molecule has 0 unspecified atom stereocenters. The molecule has 0 amide bonds. The van der Waals surface area contributed by atoms with Crippen molar-refractivity contribution in [1.29, 1.82) is 0 Å². The first-order valence-electron chi connectivity index (χ1n) is 6.66. The Labute approximate surface area is 114 Å². The van der Waals surface area contributed by atoms with Crippen LogP contribution < -0.4 is 5.73 Å². The first-order valence-corrected chi connectivity index (χ1v) is 6.66. The molecule has 0 aliphatic carbocycles. The maximum Gasteiger partial charge on any atom is 0.135 e. The summed E-state index contributed by atoms with van der Waals surface area (Å²) in [5.41, 5.74) is 10.6. The molecule has 2 N–H and O–H groups in total. The van der Waals surface area contributed by atoms with E-state index in [4.69, 9.17) is 5.73 Å². The van der Waals surface area contributed by atoms with E-state index in [1.807, 2.05) is 19.1 Å². The van der Waals surface area contributed by atoms with E-state index in [0.717, 1.165) is 23.5 Å². The van der Waals surface area contributed by atoms with Crippen LogP contribution in [0.4, 0.5) is 5.82 Å². The van der Waals surface area contributed by atoms with Gasteiger partial charge in [-0.2, -0.15) is 0 Å². The smallest absolute Gasteiger partial charge is 0.135 e. The van der Waals surface area contributed by atoms with Crippen LogP contribution in [0.15, 0.2) is 24.3 Å². The van der Waals surface area contributed by atoms with Crippen molar-refractivity contribution in [2.45, 2.75) is 40.0 Å². The van der Waals surface area contributed by atoms with Crippen molar-refractivity contribution in [1.82, 2.24) is 9.97 Å². The summed E-state index contributed by atoms with van der Waals surface area (Å²) >= 11 is 0. The van der Waals surface area contributed by atoms with E-state index >= 15 is 0 Å². The average molecular weight is 255 g/mol. The number of aryl methyl sites for hydroxylation is 2. The zero-order chi connectivity index (χ0) is 14.0. The molecule has 0 spiro atoms. The van der Waals surface area contributed by atoms with Gasteiger partial charge < -0.3 is 5.73 Å². The molecule has 0 bridgehead atoms. The number of aromatic nitrogens is 2. The molecule has 19 heavy (non-hydrogen) atoms. The van der Waals surface area contributed by atoms with E-state index in [2.05, 4.69) is 42.9 Å². The van der Waals surface area contributed by atoms with E-state index in [1.165, 1.54) is 11.1 Å². The highest BCUT2D eigenvalue weighted by atomic mass is 15.0. The highest BCUT2D eigenvalue weighted by molar-refractivity contribution is 5.44. The molecular weight excluding hydrogens is 234 g/mol. The van der Waals surface area contributed by atoms with Crippen molar-refractivity contribution in [2.24, 2.45) is 0 Å². The number of benzene rings is 1. The minimum atomic E-state index is 0.354. The maximum absolute atomic E-state index is 6.06. The molecule has 3 heteroatoms. The third kappa shape index (κ3) is 2.92. The normalized spacial score (nSPS) is 11.0. The molecule has 1 aromatic carbocycles. The lowest BCUT2D eigenvalue weighted by molar-refractivity contribution is 0.816. The van der Waals surface area contributed by atoms with E-state index in [0.29, 0.717) is 11.7 Å². The molecule has 1 aromatic heterocycles. The molecule has 1 heterocycles. The Kier molecular flexibility index (Phi) is 3.84. The molecule has 100 valence electrons. The van der Waals surface area contributed by atoms with Gasteiger partial charge in [0, 0.05) is 17.7 Å². The number of anilines is 1. The fourth-order valence-corrected chi connectivity index (χ4v) is 2.43. The second kappa shape index (κ2) is 5.39. The molecule has 0 fully saturated rings. The van der Waals surface area contributed by atoms with Gasteiger partial charge >= 0.3 is 0 Å². The Morgan fingerprint density at radius 3 is 2.37 bits per heavy atom. The number of nitrogens with two attached hydrogens (primary N) is 1. The topological polar surface area (TPSA) is 51.8 Å². The van der Waals surface area contributed by atoms with Gasteiger partial charge in [-0.15, -0.1) is 0 Å². The van der Waals surface area contributed by atoms with Crippen LogP contribution >= 0.6 is 0 Å². The van der Waals surface area contributed by atoms with Gasteiger partial charge in [-0.3, -0.25) is 0 Å². The van der Waals surface area contributed by atoms with E-state index in [1.54, 1.807) is 0 Å². The number of nitrogen functional groups attached to an aromatic ring is 1. The first-order chi connectivity index (χ1) is 8.99. The molecule has 3 nitrogen and oxygen atoms in total.